The van der Waals surface area contributed by atoms with Gasteiger partial charge in [0.25, 0.3) is 0 Å². The number of aromatic nitrogens is 3. The molecule has 0 aromatic carbocycles. The molecule has 6 nitrogen and oxygen atoms in total. The van der Waals surface area contributed by atoms with E-state index in [0.717, 1.165) is 24.2 Å². The highest BCUT2D eigenvalue weighted by molar-refractivity contribution is 5.74. The van der Waals surface area contributed by atoms with Crippen molar-refractivity contribution in [3.05, 3.63) is 42.4 Å². The molecule has 0 atom stereocenters. The second-order valence-electron chi connectivity index (χ2n) is 6.03. The number of carbonyl (C=O) groups excluding carboxylic acids is 1. The molecule has 1 saturated carbocycles. The average molecular weight is 313 g/mol. The molecule has 0 saturated heterocycles. The highest BCUT2D eigenvalue weighted by Gasteiger charge is 2.21. The fourth-order valence-electron chi connectivity index (χ4n) is 3.04. The van der Waals surface area contributed by atoms with Crippen LogP contribution >= 0.6 is 0 Å². The number of amides is 2. The van der Waals surface area contributed by atoms with Gasteiger partial charge in [-0.2, -0.15) is 5.10 Å². The molecule has 2 amide bonds. The van der Waals surface area contributed by atoms with E-state index >= 15 is 0 Å². The number of urea groups is 1. The highest BCUT2D eigenvalue weighted by Crippen LogP contribution is 2.21. The number of carbonyl (C=O) groups is 1. The second kappa shape index (κ2) is 7.26. The van der Waals surface area contributed by atoms with Crippen molar-refractivity contribution in [3.8, 4) is 5.82 Å². The second-order valence-corrected chi connectivity index (χ2v) is 6.03. The summed E-state index contributed by atoms with van der Waals surface area (Å²) in [5.41, 5.74) is 1.01. The molecule has 6 heteroatoms. The molecule has 3 rings (SSSR count). The number of rotatable bonds is 4. The first-order valence-electron chi connectivity index (χ1n) is 8.19. The van der Waals surface area contributed by atoms with Crippen molar-refractivity contribution in [1.29, 1.82) is 0 Å². The Morgan fingerprint density at radius 1 is 1.35 bits per heavy atom. The predicted octanol–water partition coefficient (Wildman–Crippen LogP) is 2.74. The van der Waals surface area contributed by atoms with Crippen LogP contribution in [-0.4, -0.2) is 38.8 Å². The van der Waals surface area contributed by atoms with E-state index in [-0.39, 0.29) is 6.03 Å². The summed E-state index contributed by atoms with van der Waals surface area (Å²) in [6, 6.07) is 6.08. The van der Waals surface area contributed by atoms with Crippen LogP contribution < -0.4 is 5.32 Å². The van der Waals surface area contributed by atoms with E-state index < -0.39 is 0 Å². The summed E-state index contributed by atoms with van der Waals surface area (Å²) in [6.07, 6.45) is 11.3. The molecule has 0 bridgehead atoms. The first-order valence-corrected chi connectivity index (χ1v) is 8.19. The Kier molecular flexibility index (Phi) is 4.90. The van der Waals surface area contributed by atoms with Gasteiger partial charge in [0.15, 0.2) is 5.82 Å². The van der Waals surface area contributed by atoms with Crippen LogP contribution in [0.2, 0.25) is 0 Å². The van der Waals surface area contributed by atoms with Crippen molar-refractivity contribution in [2.45, 2.75) is 44.7 Å². The van der Waals surface area contributed by atoms with Gasteiger partial charge in [-0.25, -0.2) is 14.5 Å². The van der Waals surface area contributed by atoms with Crippen molar-refractivity contribution in [2.24, 2.45) is 0 Å². The molecule has 2 aromatic heterocycles. The average Bonchev–Trinajstić information content (AvgIpc) is 3.15. The molecule has 122 valence electrons. The van der Waals surface area contributed by atoms with Gasteiger partial charge in [0.05, 0.1) is 0 Å². The van der Waals surface area contributed by atoms with Crippen LogP contribution in [0.4, 0.5) is 4.79 Å². The van der Waals surface area contributed by atoms with Crippen LogP contribution in [0.5, 0.6) is 0 Å². The van der Waals surface area contributed by atoms with Crippen molar-refractivity contribution in [3.63, 3.8) is 0 Å². The minimum Gasteiger partial charge on any atom is -0.334 e. The summed E-state index contributed by atoms with van der Waals surface area (Å²) >= 11 is 0. The van der Waals surface area contributed by atoms with Gasteiger partial charge in [-0.3, -0.25) is 0 Å². The van der Waals surface area contributed by atoms with Gasteiger partial charge in [0.1, 0.15) is 0 Å². The third-order valence-corrected chi connectivity index (χ3v) is 4.44. The van der Waals surface area contributed by atoms with Gasteiger partial charge >= 0.3 is 6.03 Å². The lowest BCUT2D eigenvalue weighted by atomic mass is 9.95. The zero-order valence-corrected chi connectivity index (χ0v) is 13.5. The lowest BCUT2D eigenvalue weighted by molar-refractivity contribution is 0.173. The molecular formula is C17H23N5O. The maximum absolute atomic E-state index is 12.3. The van der Waals surface area contributed by atoms with E-state index in [1.165, 1.54) is 19.3 Å². The Morgan fingerprint density at radius 2 is 2.17 bits per heavy atom. The normalized spacial score (nSPS) is 15.3. The maximum Gasteiger partial charge on any atom is 0.317 e. The van der Waals surface area contributed by atoms with Crippen molar-refractivity contribution in [2.75, 3.05) is 7.05 Å². The summed E-state index contributed by atoms with van der Waals surface area (Å²) in [5.74, 6) is 0.752. The first kappa shape index (κ1) is 15.5. The summed E-state index contributed by atoms with van der Waals surface area (Å²) in [4.78, 5) is 18.5. The lowest BCUT2D eigenvalue weighted by Gasteiger charge is -2.31. The largest absolute Gasteiger partial charge is 0.334 e. The van der Waals surface area contributed by atoms with Crippen LogP contribution in [0, 0.1) is 0 Å². The van der Waals surface area contributed by atoms with Crippen LogP contribution in [0.3, 0.4) is 0 Å². The van der Waals surface area contributed by atoms with E-state index in [0.29, 0.717) is 12.6 Å². The number of pyridine rings is 1. The molecule has 1 aliphatic rings. The molecule has 1 aliphatic carbocycles. The van der Waals surface area contributed by atoms with Gasteiger partial charge < -0.3 is 10.2 Å². The molecule has 0 radical (unpaired) electrons. The van der Waals surface area contributed by atoms with Gasteiger partial charge in [-0.15, -0.1) is 0 Å². The highest BCUT2D eigenvalue weighted by atomic mass is 16.2. The van der Waals surface area contributed by atoms with E-state index in [4.69, 9.17) is 0 Å². The Bertz CT molecular complexity index is 634. The van der Waals surface area contributed by atoms with E-state index in [1.807, 2.05) is 36.3 Å². The SMILES string of the molecule is CN(C(=O)NCc1ccnc(-n2cccn2)c1)C1CCCCC1. The number of nitrogens with zero attached hydrogens (tertiary/aromatic N) is 4. The van der Waals surface area contributed by atoms with Crippen LogP contribution in [0.15, 0.2) is 36.8 Å². The van der Waals surface area contributed by atoms with Crippen molar-refractivity contribution >= 4 is 6.03 Å². The zero-order chi connectivity index (χ0) is 16.1. The molecule has 23 heavy (non-hydrogen) atoms. The molecule has 0 spiro atoms. The molecule has 0 aliphatic heterocycles. The summed E-state index contributed by atoms with van der Waals surface area (Å²) < 4.78 is 1.71. The van der Waals surface area contributed by atoms with E-state index in [9.17, 15) is 4.79 Å². The van der Waals surface area contributed by atoms with Crippen LogP contribution in [0.25, 0.3) is 5.82 Å². The lowest BCUT2D eigenvalue weighted by Crippen LogP contribution is -2.44. The predicted molar refractivity (Wildman–Crippen MR) is 88.2 cm³/mol. The van der Waals surface area contributed by atoms with Gasteiger partial charge in [0, 0.05) is 38.2 Å². The Labute approximate surface area is 136 Å². The fraction of sp³-hybridized carbons (Fsp3) is 0.471. The molecular weight excluding hydrogens is 290 g/mol. The quantitative estimate of drug-likeness (QED) is 0.944. The summed E-state index contributed by atoms with van der Waals surface area (Å²) in [7, 11) is 1.90. The number of hydrogen-bond acceptors (Lipinski definition) is 3. The van der Waals surface area contributed by atoms with Gasteiger partial charge in [-0.05, 0) is 36.6 Å². The summed E-state index contributed by atoms with van der Waals surface area (Å²) in [5, 5.41) is 7.17. The third kappa shape index (κ3) is 3.88. The van der Waals surface area contributed by atoms with Gasteiger partial charge in [0.2, 0.25) is 0 Å². The number of nitrogens with one attached hydrogen (secondary N) is 1. The van der Waals surface area contributed by atoms with Crippen LogP contribution in [-0.2, 0) is 6.54 Å². The van der Waals surface area contributed by atoms with Gasteiger partial charge in [-0.1, -0.05) is 19.3 Å². The van der Waals surface area contributed by atoms with Crippen molar-refractivity contribution < 1.29 is 4.79 Å². The van der Waals surface area contributed by atoms with Crippen LogP contribution in [0.1, 0.15) is 37.7 Å². The molecule has 1 N–H and O–H groups in total. The molecule has 2 heterocycles. The Balaban J connectivity index is 1.57. The van der Waals surface area contributed by atoms with Crippen molar-refractivity contribution in [1.82, 2.24) is 25.0 Å². The minimum absolute atomic E-state index is 0.00523. The molecule has 2 aromatic rings. The standard InChI is InChI=1S/C17H23N5O/c1-21(15-6-3-2-4-7-15)17(23)19-13-14-8-10-18-16(12-14)22-11-5-9-20-22/h5,8-12,15H,2-4,6-7,13H2,1H3,(H,19,23). The Morgan fingerprint density at radius 3 is 2.91 bits per heavy atom. The summed E-state index contributed by atoms with van der Waals surface area (Å²) in [6.45, 7) is 0.493. The number of hydrogen-bond donors (Lipinski definition) is 1. The molecule has 0 unspecified atom stereocenters. The minimum atomic E-state index is -0.00523. The topological polar surface area (TPSA) is 63.1 Å². The molecule has 1 fully saturated rings. The Hall–Kier alpha value is -2.37. The zero-order valence-electron chi connectivity index (χ0n) is 13.5. The first-order chi connectivity index (χ1) is 11.2. The van der Waals surface area contributed by atoms with E-state index in [1.54, 1.807) is 17.1 Å². The van der Waals surface area contributed by atoms with E-state index in [2.05, 4.69) is 15.4 Å². The maximum atomic E-state index is 12.3. The third-order valence-electron chi connectivity index (χ3n) is 4.44. The monoisotopic (exact) mass is 313 g/mol. The fourth-order valence-corrected chi connectivity index (χ4v) is 3.04. The smallest absolute Gasteiger partial charge is 0.317 e.